The number of halogens is 1. The molecule has 0 radical (unpaired) electrons. The molecule has 2 saturated heterocycles. The number of imide groups is 2. The lowest BCUT2D eigenvalue weighted by Gasteiger charge is -2.20. The van der Waals surface area contributed by atoms with Gasteiger partial charge in [-0.1, -0.05) is 54.1 Å². The van der Waals surface area contributed by atoms with E-state index in [9.17, 15) is 33.6 Å². The van der Waals surface area contributed by atoms with Crippen molar-refractivity contribution in [1.82, 2.24) is 13.7 Å². The lowest BCUT2D eigenvalue weighted by Crippen LogP contribution is -2.57. The summed E-state index contributed by atoms with van der Waals surface area (Å²) in [7, 11) is 0. The maximum atomic E-state index is 13.8. The van der Waals surface area contributed by atoms with Gasteiger partial charge in [-0.15, -0.1) is 0 Å². The third kappa shape index (κ3) is 4.41. The Morgan fingerprint density at radius 2 is 1.10 bits per heavy atom. The Hall–Kier alpha value is -4.84. The van der Waals surface area contributed by atoms with Gasteiger partial charge in [0.15, 0.2) is 0 Å². The molecule has 12 nitrogen and oxygen atoms in total. The smallest absolute Gasteiger partial charge is 0.274 e. The molecule has 0 saturated carbocycles. The second kappa shape index (κ2) is 10.4. The number of nitrogens with zero attached hydrogens (tertiary/aromatic N) is 5. The minimum Gasteiger partial charge on any atom is -0.274 e. The Balaban J connectivity index is 1.67. The zero-order valence-electron chi connectivity index (χ0n) is 21.1. The third-order valence-electron chi connectivity index (χ3n) is 6.74. The van der Waals surface area contributed by atoms with Crippen LogP contribution in [0.2, 0.25) is 0 Å². The van der Waals surface area contributed by atoms with Crippen LogP contribution in [0.4, 0.5) is 11.4 Å². The molecule has 5 rings (SSSR count). The van der Waals surface area contributed by atoms with Crippen molar-refractivity contribution in [2.45, 2.75) is 38.4 Å². The fraction of sp³-hybridized carbons (Fsp3) is 0.222. The Labute approximate surface area is 230 Å². The lowest BCUT2D eigenvalue weighted by molar-refractivity contribution is -0.123. The SMILES string of the molecule is C/C(Cl)=C/Cn1c(=O)n([C@@H]2CC(=O)N(c3ccccc3)C2=O)c(=O)n([C@@H]2CC(=O)N(c3ccccc3)C2=O)c1=O. The first-order chi connectivity index (χ1) is 19.1. The zero-order chi connectivity index (χ0) is 28.7. The molecule has 40 heavy (non-hydrogen) atoms. The van der Waals surface area contributed by atoms with Gasteiger partial charge in [0, 0.05) is 5.03 Å². The Kier molecular flexibility index (Phi) is 6.94. The average molecular weight is 564 g/mol. The van der Waals surface area contributed by atoms with Gasteiger partial charge in [-0.25, -0.2) is 37.9 Å². The van der Waals surface area contributed by atoms with Gasteiger partial charge in [0.05, 0.1) is 30.8 Å². The molecule has 2 fully saturated rings. The van der Waals surface area contributed by atoms with Crippen molar-refractivity contribution >= 4 is 46.6 Å². The molecule has 2 aliphatic heterocycles. The van der Waals surface area contributed by atoms with Gasteiger partial charge >= 0.3 is 17.1 Å². The number of hydrogen-bond acceptors (Lipinski definition) is 7. The second-order valence-corrected chi connectivity index (χ2v) is 9.83. The first kappa shape index (κ1) is 26.8. The Morgan fingerprint density at radius 3 is 1.48 bits per heavy atom. The van der Waals surface area contributed by atoms with Crippen LogP contribution in [0.3, 0.4) is 0 Å². The van der Waals surface area contributed by atoms with Crippen LogP contribution in [0.25, 0.3) is 0 Å². The van der Waals surface area contributed by atoms with E-state index in [-0.39, 0.29) is 23.0 Å². The van der Waals surface area contributed by atoms with E-state index in [1.165, 1.54) is 37.3 Å². The van der Waals surface area contributed by atoms with E-state index in [1.54, 1.807) is 36.4 Å². The van der Waals surface area contributed by atoms with Gasteiger partial charge in [0.2, 0.25) is 11.8 Å². The molecule has 204 valence electrons. The maximum absolute atomic E-state index is 13.8. The zero-order valence-corrected chi connectivity index (χ0v) is 21.9. The summed E-state index contributed by atoms with van der Waals surface area (Å²) in [5.74, 6) is -3.02. The molecule has 2 aliphatic rings. The van der Waals surface area contributed by atoms with Crippen LogP contribution in [0, 0.1) is 0 Å². The summed E-state index contributed by atoms with van der Waals surface area (Å²) in [5.41, 5.74) is -3.09. The van der Waals surface area contributed by atoms with Crippen LogP contribution < -0.4 is 26.9 Å². The summed E-state index contributed by atoms with van der Waals surface area (Å²) in [4.78, 5) is 95.1. The highest BCUT2D eigenvalue weighted by molar-refractivity contribution is 6.29. The summed E-state index contributed by atoms with van der Waals surface area (Å²) in [6.45, 7) is 1.12. The summed E-state index contributed by atoms with van der Waals surface area (Å²) in [6.07, 6.45) is 0.275. The number of carbonyl (C=O) groups is 4. The van der Waals surface area contributed by atoms with Crippen LogP contribution in [0.15, 0.2) is 86.2 Å². The molecule has 0 spiro atoms. The van der Waals surface area contributed by atoms with Crippen molar-refractivity contribution in [2.24, 2.45) is 0 Å². The van der Waals surface area contributed by atoms with Crippen molar-refractivity contribution in [3.8, 4) is 0 Å². The highest BCUT2D eigenvalue weighted by Crippen LogP contribution is 2.30. The van der Waals surface area contributed by atoms with Crippen LogP contribution in [0.1, 0.15) is 31.8 Å². The van der Waals surface area contributed by atoms with Gasteiger partial charge in [-0.3, -0.25) is 19.2 Å². The van der Waals surface area contributed by atoms with Crippen molar-refractivity contribution in [3.05, 3.63) is 103 Å². The maximum Gasteiger partial charge on any atom is 0.337 e. The van der Waals surface area contributed by atoms with E-state index >= 15 is 0 Å². The van der Waals surface area contributed by atoms with Gasteiger partial charge in [-0.2, -0.15) is 0 Å². The summed E-state index contributed by atoms with van der Waals surface area (Å²) in [5, 5.41) is 0.236. The predicted molar refractivity (Wildman–Crippen MR) is 144 cm³/mol. The molecule has 0 unspecified atom stereocenters. The number of aromatic nitrogens is 3. The van der Waals surface area contributed by atoms with Gasteiger partial charge in [-0.05, 0) is 31.2 Å². The van der Waals surface area contributed by atoms with Gasteiger partial charge in [0.1, 0.15) is 12.1 Å². The topological polar surface area (TPSA) is 141 Å². The van der Waals surface area contributed by atoms with E-state index in [1.807, 2.05) is 0 Å². The highest BCUT2D eigenvalue weighted by atomic mass is 35.5. The average Bonchev–Trinajstić information content (AvgIpc) is 3.38. The molecule has 13 heteroatoms. The van der Waals surface area contributed by atoms with E-state index in [0.29, 0.717) is 13.7 Å². The minimum atomic E-state index is -1.58. The van der Waals surface area contributed by atoms with E-state index in [2.05, 4.69) is 0 Å². The van der Waals surface area contributed by atoms with E-state index in [0.717, 1.165) is 9.80 Å². The number of benzene rings is 2. The van der Waals surface area contributed by atoms with Crippen molar-refractivity contribution in [1.29, 1.82) is 0 Å². The molecule has 0 N–H and O–H groups in total. The van der Waals surface area contributed by atoms with Crippen LogP contribution in [-0.2, 0) is 25.7 Å². The number of amides is 4. The van der Waals surface area contributed by atoms with Crippen molar-refractivity contribution in [3.63, 3.8) is 0 Å². The fourth-order valence-corrected chi connectivity index (χ4v) is 4.93. The third-order valence-corrected chi connectivity index (χ3v) is 6.89. The highest BCUT2D eigenvalue weighted by Gasteiger charge is 2.46. The second-order valence-electron chi connectivity index (χ2n) is 9.23. The standard InChI is InChI=1S/C27H22ClN5O7/c1-16(28)12-13-29-25(38)32(19-14-21(34)30(23(19)36)17-8-4-2-5-9-17)27(40)33(26(29)39)20-15-22(35)31(24(20)37)18-10-6-3-7-11-18/h2-12,19-20H,13-15H2,1H3/b16-12-/t19-,20-/m1/s1. The largest absolute Gasteiger partial charge is 0.337 e. The quantitative estimate of drug-likeness (QED) is 0.412. The molecule has 0 aliphatic carbocycles. The molecular weight excluding hydrogens is 542 g/mol. The van der Waals surface area contributed by atoms with Crippen LogP contribution >= 0.6 is 11.6 Å². The number of anilines is 2. The fourth-order valence-electron chi connectivity index (χ4n) is 4.86. The number of hydrogen-bond donors (Lipinski definition) is 0. The molecular formula is C27H22ClN5O7. The predicted octanol–water partition coefficient (Wildman–Crippen LogP) is 1.32. The molecule has 3 heterocycles. The Morgan fingerprint density at radius 1 is 0.700 bits per heavy atom. The lowest BCUT2D eigenvalue weighted by atomic mass is 10.2. The molecule has 0 bridgehead atoms. The van der Waals surface area contributed by atoms with Crippen molar-refractivity contribution < 1.29 is 19.2 Å². The molecule has 3 aromatic rings. The molecule has 1 aromatic heterocycles. The van der Waals surface area contributed by atoms with Gasteiger partial charge < -0.3 is 0 Å². The number of carbonyl (C=O) groups excluding carboxylic acids is 4. The van der Waals surface area contributed by atoms with Crippen molar-refractivity contribution in [2.75, 3.05) is 9.80 Å². The number of para-hydroxylation sites is 2. The minimum absolute atomic E-state index is 0.236. The summed E-state index contributed by atoms with van der Waals surface area (Å²) in [6, 6.07) is 12.8. The van der Waals surface area contributed by atoms with Crippen LogP contribution in [-0.4, -0.2) is 37.3 Å². The molecule has 2 atom stereocenters. The van der Waals surface area contributed by atoms with Crippen LogP contribution in [0.5, 0.6) is 0 Å². The summed E-state index contributed by atoms with van der Waals surface area (Å²) >= 11 is 5.91. The van der Waals surface area contributed by atoms with E-state index < -0.39 is 65.6 Å². The summed E-state index contributed by atoms with van der Waals surface area (Å²) < 4.78 is 1.65. The first-order valence-corrected chi connectivity index (χ1v) is 12.6. The monoisotopic (exact) mass is 563 g/mol. The van der Waals surface area contributed by atoms with E-state index in [4.69, 9.17) is 11.6 Å². The molecule has 2 aromatic carbocycles. The number of allylic oxidation sites excluding steroid dienone is 2. The number of rotatable bonds is 6. The first-order valence-electron chi connectivity index (χ1n) is 12.3. The molecule has 4 amide bonds. The Bertz CT molecular complexity index is 1640. The van der Waals surface area contributed by atoms with Gasteiger partial charge in [0.25, 0.3) is 11.8 Å². The normalized spacial score (nSPS) is 19.7.